The summed E-state index contributed by atoms with van der Waals surface area (Å²) in [6.07, 6.45) is -0.0139. The van der Waals surface area contributed by atoms with Crippen LogP contribution in [-0.4, -0.2) is 109 Å². The van der Waals surface area contributed by atoms with Crippen molar-refractivity contribution in [3.63, 3.8) is 0 Å². The van der Waals surface area contributed by atoms with Crippen LogP contribution in [-0.2, 0) is 23.8 Å². The van der Waals surface area contributed by atoms with Gasteiger partial charge in [-0.2, -0.15) is 13.2 Å². The fourth-order valence-electron chi connectivity index (χ4n) is 10.2. The molecule has 2 saturated carbocycles. The molecule has 2 aliphatic carbocycles. The number of alkyl halides is 3. The molecule has 2 amide bonds. The van der Waals surface area contributed by atoms with Crippen molar-refractivity contribution in [2.45, 2.75) is 115 Å². The first-order chi connectivity index (χ1) is 29.1. The molecule has 332 valence electrons. The molecule has 3 aliphatic heterocycles. The number of likely N-dealkylation sites (tertiary alicyclic amines) is 1. The third-order valence-electron chi connectivity index (χ3n) is 14.6. The lowest BCUT2D eigenvalue weighted by atomic mass is 9.70. The third-order valence-corrected chi connectivity index (χ3v) is 15.4. The average molecular weight is 873 g/mol. The molecule has 8 rings (SSSR count). The largest absolute Gasteiger partial charge is 0.478 e. The molecular weight excluding hydrogens is 817 g/mol. The summed E-state index contributed by atoms with van der Waals surface area (Å²) in [5.41, 5.74) is 0.350. The van der Waals surface area contributed by atoms with Crippen molar-refractivity contribution < 1.29 is 51.3 Å². The Morgan fingerprint density at radius 3 is 2.46 bits per heavy atom. The number of halogens is 4. The molecule has 5 atom stereocenters. The van der Waals surface area contributed by atoms with Crippen LogP contribution in [0, 0.1) is 28.0 Å². The van der Waals surface area contributed by atoms with Gasteiger partial charge in [-0.25, -0.2) is 14.2 Å². The van der Waals surface area contributed by atoms with Gasteiger partial charge in [0.05, 0.1) is 77.1 Å². The maximum atomic E-state index is 15.0. The Bertz CT molecular complexity index is 2090. The molecule has 2 unspecified atom stereocenters. The molecule has 5 fully saturated rings. The molecule has 61 heavy (non-hydrogen) atoms. The van der Waals surface area contributed by atoms with Crippen molar-refractivity contribution in [1.82, 2.24) is 15.2 Å². The number of carboxylic acids is 1. The van der Waals surface area contributed by atoms with Crippen LogP contribution in [0.15, 0.2) is 41.9 Å². The SMILES string of the molecule is CCC1(CO[C@H](C)[C@@H](COC2CCC(c3ccccc3C(=O)O)CC2)NC(=O)[C@@H]2CN(c3cc(F)cc4ncsc34)CC23CN(C(=O)C2(C(F)(F)F)CC2)C3)CCC(C)OC1. The van der Waals surface area contributed by atoms with E-state index < -0.39 is 52.8 Å². The Kier molecular flexibility index (Phi) is 12.2. The number of hydrogen-bond acceptors (Lipinski definition) is 9. The van der Waals surface area contributed by atoms with Crippen LogP contribution < -0.4 is 10.2 Å². The minimum absolute atomic E-state index is 0.0295. The van der Waals surface area contributed by atoms with Gasteiger partial charge in [0.1, 0.15) is 11.2 Å². The summed E-state index contributed by atoms with van der Waals surface area (Å²) < 4.78 is 77.2. The molecule has 0 bridgehead atoms. The molecule has 5 aliphatic rings. The second-order valence-corrected chi connectivity index (χ2v) is 19.4. The molecule has 2 aromatic carbocycles. The highest BCUT2D eigenvalue weighted by molar-refractivity contribution is 7.17. The van der Waals surface area contributed by atoms with Crippen LogP contribution in [0.2, 0.25) is 0 Å². The van der Waals surface area contributed by atoms with Gasteiger partial charge in [-0.3, -0.25) is 9.59 Å². The number of fused-ring (bicyclic) bond motifs is 1. The van der Waals surface area contributed by atoms with Crippen LogP contribution >= 0.6 is 11.3 Å². The van der Waals surface area contributed by atoms with E-state index in [0.717, 1.165) is 42.4 Å². The summed E-state index contributed by atoms with van der Waals surface area (Å²) in [5.74, 6) is -3.39. The second kappa shape index (κ2) is 17.0. The quantitative estimate of drug-likeness (QED) is 0.155. The Morgan fingerprint density at radius 2 is 1.80 bits per heavy atom. The van der Waals surface area contributed by atoms with E-state index in [1.54, 1.807) is 17.6 Å². The zero-order chi connectivity index (χ0) is 43.3. The number of anilines is 1. The first-order valence-electron chi connectivity index (χ1n) is 21.7. The van der Waals surface area contributed by atoms with Crippen LogP contribution in [0.5, 0.6) is 0 Å². The predicted octanol–water partition coefficient (Wildman–Crippen LogP) is 7.97. The number of rotatable bonds is 14. The second-order valence-electron chi connectivity index (χ2n) is 18.5. The van der Waals surface area contributed by atoms with E-state index in [9.17, 15) is 37.1 Å². The number of hydrogen-bond donors (Lipinski definition) is 2. The number of carbonyl (C=O) groups excluding carboxylic acids is 2. The lowest BCUT2D eigenvalue weighted by Crippen LogP contribution is -2.66. The van der Waals surface area contributed by atoms with Gasteiger partial charge in [0.25, 0.3) is 0 Å². The highest BCUT2D eigenvalue weighted by atomic mass is 32.1. The summed E-state index contributed by atoms with van der Waals surface area (Å²) in [5, 5.41) is 13.0. The van der Waals surface area contributed by atoms with E-state index in [4.69, 9.17) is 14.2 Å². The van der Waals surface area contributed by atoms with Crippen molar-refractivity contribution in [1.29, 1.82) is 0 Å². The number of benzene rings is 2. The lowest BCUT2D eigenvalue weighted by molar-refractivity contribution is -0.205. The zero-order valence-corrected chi connectivity index (χ0v) is 35.8. The topological polar surface area (TPSA) is 131 Å². The van der Waals surface area contributed by atoms with E-state index in [1.807, 2.05) is 24.0 Å². The van der Waals surface area contributed by atoms with Gasteiger partial charge in [0.2, 0.25) is 11.8 Å². The van der Waals surface area contributed by atoms with E-state index in [1.165, 1.54) is 28.4 Å². The number of thiazole rings is 1. The molecule has 3 aromatic rings. The normalized spacial score (nSPS) is 28.0. The number of amides is 2. The van der Waals surface area contributed by atoms with Crippen molar-refractivity contribution in [3.8, 4) is 0 Å². The molecule has 11 nitrogen and oxygen atoms in total. The van der Waals surface area contributed by atoms with Gasteiger partial charge < -0.3 is 34.4 Å². The molecule has 0 radical (unpaired) electrons. The molecule has 16 heteroatoms. The van der Waals surface area contributed by atoms with Gasteiger partial charge in [0.15, 0.2) is 0 Å². The predicted molar refractivity (Wildman–Crippen MR) is 221 cm³/mol. The highest BCUT2D eigenvalue weighted by Gasteiger charge is 2.71. The summed E-state index contributed by atoms with van der Waals surface area (Å²) in [7, 11) is 0. The van der Waals surface area contributed by atoms with E-state index in [0.29, 0.717) is 42.8 Å². The highest BCUT2D eigenvalue weighted by Crippen LogP contribution is 2.60. The van der Waals surface area contributed by atoms with E-state index >= 15 is 0 Å². The zero-order valence-electron chi connectivity index (χ0n) is 35.0. The van der Waals surface area contributed by atoms with Crippen molar-refractivity contribution in [2.24, 2.45) is 22.2 Å². The van der Waals surface area contributed by atoms with Crippen LogP contribution in [0.4, 0.5) is 23.2 Å². The number of carbonyl (C=O) groups is 3. The van der Waals surface area contributed by atoms with E-state index in [2.05, 4.69) is 24.1 Å². The monoisotopic (exact) mass is 872 g/mol. The van der Waals surface area contributed by atoms with Gasteiger partial charge in [-0.1, -0.05) is 25.1 Å². The number of aromatic nitrogens is 1. The van der Waals surface area contributed by atoms with Gasteiger partial charge in [-0.15, -0.1) is 11.3 Å². The summed E-state index contributed by atoms with van der Waals surface area (Å²) in [6.45, 7) is 7.55. The first-order valence-corrected chi connectivity index (χ1v) is 22.6. The molecule has 1 aromatic heterocycles. The molecular formula is C45H56F4N4O7S. The Hall–Kier alpha value is -3.86. The van der Waals surface area contributed by atoms with Crippen molar-refractivity contribution >= 4 is 45.0 Å². The summed E-state index contributed by atoms with van der Waals surface area (Å²) in [4.78, 5) is 47.6. The van der Waals surface area contributed by atoms with Crippen LogP contribution in [0.25, 0.3) is 10.2 Å². The standard InChI is InChI=1S/C45H56F4N4O7S/c1-4-42(14-13-27(2)59-24-42)25-60-28(3)36(20-58-31-11-9-29(10-12-31)32-7-5-6-8-33(32)40(55)56)51-39(54)34-19-52(37-18-30(46)17-35-38(37)61-26-50-35)21-43(34)22-53(23-43)41(57)44(15-16-44)45(47,48)49/h5-8,17-18,26-29,31,34,36H,4,9-16,19-25H2,1-3H3,(H,51,54)(H,55,56)/t27?,28-,29?,31?,34+,36-,42?/m1/s1. The molecule has 4 heterocycles. The first kappa shape index (κ1) is 43.8. The van der Waals surface area contributed by atoms with Crippen molar-refractivity contribution in [3.05, 3.63) is 58.9 Å². The molecule has 1 spiro atoms. The fourth-order valence-corrected chi connectivity index (χ4v) is 11.0. The lowest BCUT2D eigenvalue weighted by Gasteiger charge is -2.51. The molecule has 2 N–H and O–H groups in total. The maximum Gasteiger partial charge on any atom is 0.403 e. The minimum atomic E-state index is -4.66. The number of nitrogens with one attached hydrogen (secondary N) is 1. The van der Waals surface area contributed by atoms with Crippen LogP contribution in [0.1, 0.15) is 100 Å². The Balaban J connectivity index is 1.01. The van der Waals surface area contributed by atoms with Crippen molar-refractivity contribution in [2.75, 3.05) is 50.9 Å². The van der Waals surface area contributed by atoms with Gasteiger partial charge >= 0.3 is 12.1 Å². The Labute approximate surface area is 357 Å². The molecule has 3 saturated heterocycles. The van der Waals surface area contributed by atoms with Crippen LogP contribution in [0.3, 0.4) is 0 Å². The maximum absolute atomic E-state index is 15.0. The fraction of sp³-hybridized carbons (Fsp3) is 0.644. The van der Waals surface area contributed by atoms with Gasteiger partial charge in [-0.05, 0) is 95.2 Å². The number of carboxylic acid groups (broad SMARTS) is 1. The van der Waals surface area contributed by atoms with E-state index in [-0.39, 0.29) is 75.1 Å². The Morgan fingerprint density at radius 1 is 1.07 bits per heavy atom. The van der Waals surface area contributed by atoms with Gasteiger partial charge in [0, 0.05) is 43.1 Å². The smallest absolute Gasteiger partial charge is 0.403 e. The summed E-state index contributed by atoms with van der Waals surface area (Å²) in [6, 6.07) is 9.24. The average Bonchev–Trinajstić information content (AvgIpc) is 3.77. The number of ether oxygens (including phenoxy) is 3. The summed E-state index contributed by atoms with van der Waals surface area (Å²) >= 11 is 1.34. The number of nitrogens with zero attached hydrogens (tertiary/aromatic N) is 3. The third kappa shape index (κ3) is 8.62. The minimum Gasteiger partial charge on any atom is -0.478 e. The number of aromatic carboxylic acids is 1.